The third kappa shape index (κ3) is 3.88. The zero-order valence-electron chi connectivity index (χ0n) is 8.81. The van der Waals surface area contributed by atoms with Crippen molar-refractivity contribution in [2.75, 3.05) is 0 Å². The van der Waals surface area contributed by atoms with Gasteiger partial charge in [0.1, 0.15) is 5.82 Å². The zero-order valence-corrected chi connectivity index (χ0v) is 10.4. The van der Waals surface area contributed by atoms with Crippen molar-refractivity contribution in [2.24, 2.45) is 4.40 Å². The number of rotatable bonds is 3. The lowest BCUT2D eigenvalue weighted by Crippen LogP contribution is -1.80. The summed E-state index contributed by atoms with van der Waals surface area (Å²) in [6.07, 6.45) is 1.69. The maximum Gasteiger partial charge on any atom is 0.123 e. The van der Waals surface area contributed by atoms with Gasteiger partial charge in [0.05, 0.1) is 0 Å². The van der Waals surface area contributed by atoms with E-state index in [1.54, 1.807) is 18.3 Å². The largest absolute Gasteiger partial charge is 0.219 e. The Morgan fingerprint density at radius 3 is 2.29 bits per heavy atom. The average molecular weight is 266 g/mol. The molecule has 86 valence electrons. The molecule has 0 aliphatic carbocycles. The van der Waals surface area contributed by atoms with Gasteiger partial charge in [0, 0.05) is 28.1 Å². The van der Waals surface area contributed by atoms with Crippen LogP contribution in [-0.4, -0.2) is 6.21 Å². The molecule has 0 bridgehead atoms. The molecule has 0 aliphatic heterocycles. The fraction of sp³-hybridized carbons (Fsp3) is 0. The molecule has 2 rings (SSSR count). The number of benzene rings is 2. The molecule has 1 nitrogen and oxygen atoms in total. The van der Waals surface area contributed by atoms with E-state index >= 15 is 0 Å². The predicted molar refractivity (Wildman–Crippen MR) is 71.3 cm³/mol. The molecule has 17 heavy (non-hydrogen) atoms. The highest BCUT2D eigenvalue weighted by atomic mass is 35.5. The molecule has 0 N–H and O–H groups in total. The minimum atomic E-state index is -0.243. The summed E-state index contributed by atoms with van der Waals surface area (Å²) >= 11 is 7.12. The lowest BCUT2D eigenvalue weighted by molar-refractivity contribution is 0.628. The van der Waals surface area contributed by atoms with Crippen LogP contribution in [0.5, 0.6) is 0 Å². The summed E-state index contributed by atoms with van der Waals surface area (Å²) in [6, 6.07) is 13.6. The van der Waals surface area contributed by atoms with Crippen molar-refractivity contribution in [3.8, 4) is 0 Å². The Bertz CT molecular complexity index is 508. The van der Waals surface area contributed by atoms with E-state index in [0.29, 0.717) is 5.02 Å². The highest BCUT2D eigenvalue weighted by molar-refractivity contribution is 7.98. The summed E-state index contributed by atoms with van der Waals surface area (Å²) in [7, 11) is 0. The van der Waals surface area contributed by atoms with E-state index in [1.807, 2.05) is 24.3 Å². The van der Waals surface area contributed by atoms with Crippen LogP contribution in [0.15, 0.2) is 57.8 Å². The van der Waals surface area contributed by atoms with Crippen molar-refractivity contribution in [3.05, 3.63) is 64.9 Å². The summed E-state index contributed by atoms with van der Waals surface area (Å²) in [4.78, 5) is 1.01. The third-order valence-electron chi connectivity index (χ3n) is 2.04. The molecular formula is C13H9ClFNS. The lowest BCUT2D eigenvalue weighted by Gasteiger charge is -1.95. The van der Waals surface area contributed by atoms with Crippen LogP contribution in [0, 0.1) is 5.82 Å². The lowest BCUT2D eigenvalue weighted by atomic mass is 10.2. The fourth-order valence-corrected chi connectivity index (χ4v) is 1.87. The van der Waals surface area contributed by atoms with E-state index in [2.05, 4.69) is 4.40 Å². The van der Waals surface area contributed by atoms with Crippen molar-refractivity contribution in [3.63, 3.8) is 0 Å². The molecule has 4 heteroatoms. The van der Waals surface area contributed by atoms with Gasteiger partial charge in [-0.2, -0.15) is 0 Å². The molecule has 0 aromatic heterocycles. The number of hydrogen-bond donors (Lipinski definition) is 0. The van der Waals surface area contributed by atoms with E-state index in [-0.39, 0.29) is 5.82 Å². The van der Waals surface area contributed by atoms with E-state index in [1.165, 1.54) is 24.1 Å². The van der Waals surface area contributed by atoms with Gasteiger partial charge >= 0.3 is 0 Å². The normalized spacial score (nSPS) is 10.9. The third-order valence-corrected chi connectivity index (χ3v) is 2.99. The van der Waals surface area contributed by atoms with Crippen molar-refractivity contribution >= 4 is 29.8 Å². The first-order valence-corrected chi connectivity index (χ1v) is 6.11. The Morgan fingerprint density at radius 2 is 1.65 bits per heavy atom. The van der Waals surface area contributed by atoms with E-state index in [0.717, 1.165) is 10.5 Å². The minimum Gasteiger partial charge on any atom is -0.219 e. The molecule has 0 saturated heterocycles. The molecule has 2 aromatic carbocycles. The second-order valence-corrected chi connectivity index (χ2v) is 4.63. The highest BCUT2D eigenvalue weighted by Crippen LogP contribution is 2.21. The molecule has 0 radical (unpaired) electrons. The molecule has 0 fully saturated rings. The SMILES string of the molecule is Fc1ccc(/C=N/Sc2ccc(Cl)cc2)cc1. The molecular weight excluding hydrogens is 257 g/mol. The minimum absolute atomic E-state index is 0.243. The predicted octanol–water partition coefficient (Wildman–Crippen LogP) is 4.61. The number of nitrogens with zero attached hydrogens (tertiary/aromatic N) is 1. The maximum absolute atomic E-state index is 12.6. The van der Waals surface area contributed by atoms with Crippen LogP contribution in [0.3, 0.4) is 0 Å². The van der Waals surface area contributed by atoms with Crippen molar-refractivity contribution in [2.45, 2.75) is 4.90 Å². The zero-order chi connectivity index (χ0) is 12.1. The van der Waals surface area contributed by atoms with Gasteiger partial charge in [0.15, 0.2) is 0 Å². The molecule has 0 amide bonds. The van der Waals surface area contributed by atoms with Gasteiger partial charge in [-0.15, -0.1) is 0 Å². The Hall–Kier alpha value is -1.32. The van der Waals surface area contributed by atoms with Gasteiger partial charge in [-0.25, -0.2) is 8.79 Å². The summed E-state index contributed by atoms with van der Waals surface area (Å²) in [5.74, 6) is -0.243. The Morgan fingerprint density at radius 1 is 1.00 bits per heavy atom. The highest BCUT2D eigenvalue weighted by Gasteiger charge is 1.92. The Labute approximate surface area is 108 Å². The van der Waals surface area contributed by atoms with Gasteiger partial charge in [0.2, 0.25) is 0 Å². The molecule has 0 heterocycles. The van der Waals surface area contributed by atoms with E-state index < -0.39 is 0 Å². The van der Waals surface area contributed by atoms with Crippen LogP contribution in [0.1, 0.15) is 5.56 Å². The Kier molecular flexibility index (Phi) is 4.18. The summed E-state index contributed by atoms with van der Waals surface area (Å²) < 4.78 is 16.8. The fourth-order valence-electron chi connectivity index (χ4n) is 1.19. The maximum atomic E-state index is 12.6. The van der Waals surface area contributed by atoms with Gasteiger partial charge in [-0.05, 0) is 42.0 Å². The van der Waals surface area contributed by atoms with Crippen LogP contribution < -0.4 is 0 Å². The van der Waals surface area contributed by atoms with Crippen molar-refractivity contribution in [1.29, 1.82) is 0 Å². The molecule has 0 atom stereocenters. The first-order chi connectivity index (χ1) is 8.24. The van der Waals surface area contributed by atoms with E-state index in [9.17, 15) is 4.39 Å². The second-order valence-electron chi connectivity index (χ2n) is 3.33. The number of hydrogen-bond acceptors (Lipinski definition) is 2. The molecule has 0 aliphatic rings. The van der Waals surface area contributed by atoms with E-state index in [4.69, 9.17) is 11.6 Å². The van der Waals surface area contributed by atoms with Crippen LogP contribution in [0.4, 0.5) is 4.39 Å². The molecule has 0 saturated carbocycles. The van der Waals surface area contributed by atoms with Gasteiger partial charge < -0.3 is 0 Å². The molecule has 0 spiro atoms. The van der Waals surface area contributed by atoms with Crippen LogP contribution in [0.25, 0.3) is 0 Å². The van der Waals surface area contributed by atoms with Crippen LogP contribution in [0.2, 0.25) is 5.02 Å². The first-order valence-electron chi connectivity index (χ1n) is 4.95. The smallest absolute Gasteiger partial charge is 0.123 e. The Balaban J connectivity index is 1.97. The molecule has 0 unspecified atom stereocenters. The van der Waals surface area contributed by atoms with Crippen molar-refractivity contribution in [1.82, 2.24) is 0 Å². The van der Waals surface area contributed by atoms with Crippen molar-refractivity contribution < 1.29 is 4.39 Å². The molecule has 2 aromatic rings. The summed E-state index contributed by atoms with van der Waals surface area (Å²) in [5, 5.41) is 0.705. The standard InChI is InChI=1S/C13H9ClFNS/c14-11-3-7-13(8-4-11)17-16-9-10-1-5-12(15)6-2-10/h1-9H/b16-9+. The first kappa shape index (κ1) is 12.1. The number of halogens is 2. The van der Waals surface area contributed by atoms with Gasteiger partial charge in [-0.1, -0.05) is 23.7 Å². The van der Waals surface area contributed by atoms with Gasteiger partial charge in [-0.3, -0.25) is 0 Å². The average Bonchev–Trinajstić information content (AvgIpc) is 2.34. The van der Waals surface area contributed by atoms with Crippen LogP contribution >= 0.6 is 23.5 Å². The topological polar surface area (TPSA) is 12.4 Å². The summed E-state index contributed by atoms with van der Waals surface area (Å²) in [6.45, 7) is 0. The monoisotopic (exact) mass is 265 g/mol. The second kappa shape index (κ2) is 5.84. The summed E-state index contributed by atoms with van der Waals surface area (Å²) in [5.41, 5.74) is 0.868. The van der Waals surface area contributed by atoms with Gasteiger partial charge in [0.25, 0.3) is 0 Å². The quantitative estimate of drug-likeness (QED) is 0.583. The van der Waals surface area contributed by atoms with Crippen LogP contribution in [-0.2, 0) is 0 Å².